The van der Waals surface area contributed by atoms with Gasteiger partial charge >= 0.3 is 0 Å². The van der Waals surface area contributed by atoms with Gasteiger partial charge in [-0.15, -0.1) is 0 Å². The molecule has 0 heterocycles. The molecule has 5 nitrogen and oxygen atoms in total. The van der Waals surface area contributed by atoms with Crippen molar-refractivity contribution >= 4 is 11.4 Å². The van der Waals surface area contributed by atoms with Crippen molar-refractivity contribution < 1.29 is 19.0 Å². The van der Waals surface area contributed by atoms with Gasteiger partial charge in [0.25, 0.3) is 0 Å². The molecule has 0 radical (unpaired) electrons. The number of rotatable bonds is 6. The molecular formula is C16H19FN2O3. The topological polar surface area (TPSA) is 76.7 Å². The van der Waals surface area contributed by atoms with E-state index in [0.717, 1.165) is 5.56 Å². The van der Waals surface area contributed by atoms with Gasteiger partial charge in [-0.05, 0) is 24.3 Å². The maximum Gasteiger partial charge on any atom is 0.146 e. The van der Waals surface area contributed by atoms with Crippen LogP contribution in [-0.2, 0) is 13.2 Å². The van der Waals surface area contributed by atoms with Gasteiger partial charge in [0.1, 0.15) is 17.3 Å². The van der Waals surface area contributed by atoms with Crippen LogP contribution in [-0.4, -0.2) is 19.3 Å². The molecule has 0 fully saturated rings. The Morgan fingerprint density at radius 2 is 1.91 bits per heavy atom. The van der Waals surface area contributed by atoms with Crippen molar-refractivity contribution in [2.24, 2.45) is 0 Å². The highest BCUT2D eigenvalue weighted by atomic mass is 19.1. The summed E-state index contributed by atoms with van der Waals surface area (Å²) in [5, 5.41) is 12.0. The lowest BCUT2D eigenvalue weighted by atomic mass is 10.1. The Balaban J connectivity index is 2.18. The number of ether oxygens (including phenoxy) is 2. The third-order valence-corrected chi connectivity index (χ3v) is 3.36. The normalized spacial score (nSPS) is 10.4. The van der Waals surface area contributed by atoms with Gasteiger partial charge in [0.05, 0.1) is 26.5 Å². The number of aliphatic hydroxyl groups is 1. The summed E-state index contributed by atoms with van der Waals surface area (Å²) >= 11 is 0. The van der Waals surface area contributed by atoms with Gasteiger partial charge in [0.2, 0.25) is 0 Å². The standard InChI is InChI=1S/C16H19FN2O3/c1-21-12-4-3-10(16(6-12)22-2)8-19-15-7-14(18)11(9-20)5-13(15)17/h3-7,19-20H,8-9,18H2,1-2H3. The van der Waals surface area contributed by atoms with E-state index in [-0.39, 0.29) is 12.3 Å². The van der Waals surface area contributed by atoms with Gasteiger partial charge in [-0.1, -0.05) is 0 Å². The van der Waals surface area contributed by atoms with Gasteiger partial charge in [-0.3, -0.25) is 0 Å². The van der Waals surface area contributed by atoms with Crippen molar-refractivity contribution in [3.05, 3.63) is 47.3 Å². The summed E-state index contributed by atoms with van der Waals surface area (Å²) in [6.07, 6.45) is 0. The predicted octanol–water partition coefficient (Wildman–Crippen LogP) is 2.53. The zero-order valence-electron chi connectivity index (χ0n) is 12.5. The summed E-state index contributed by atoms with van der Waals surface area (Å²) < 4.78 is 24.4. The number of methoxy groups -OCH3 is 2. The van der Waals surface area contributed by atoms with Crippen molar-refractivity contribution in [1.29, 1.82) is 0 Å². The van der Waals surface area contributed by atoms with Crippen molar-refractivity contribution in [1.82, 2.24) is 0 Å². The van der Waals surface area contributed by atoms with Crippen molar-refractivity contribution in [3.8, 4) is 11.5 Å². The van der Waals surface area contributed by atoms with E-state index in [1.165, 1.54) is 12.1 Å². The van der Waals surface area contributed by atoms with Crippen LogP contribution in [0, 0.1) is 5.82 Å². The van der Waals surface area contributed by atoms with Gasteiger partial charge in [-0.2, -0.15) is 0 Å². The zero-order chi connectivity index (χ0) is 16.1. The number of nitrogens with one attached hydrogen (secondary N) is 1. The average Bonchev–Trinajstić information content (AvgIpc) is 2.54. The number of aliphatic hydroxyl groups excluding tert-OH is 1. The lowest BCUT2D eigenvalue weighted by molar-refractivity contribution is 0.282. The molecule has 0 saturated heterocycles. The first-order valence-electron chi connectivity index (χ1n) is 6.72. The summed E-state index contributed by atoms with van der Waals surface area (Å²) in [5.74, 6) is 0.862. The van der Waals surface area contributed by atoms with Crippen molar-refractivity contribution in [2.75, 3.05) is 25.3 Å². The van der Waals surface area contributed by atoms with Crippen molar-refractivity contribution in [3.63, 3.8) is 0 Å². The van der Waals surface area contributed by atoms with Gasteiger partial charge < -0.3 is 25.6 Å². The van der Waals surface area contributed by atoms with E-state index in [2.05, 4.69) is 5.32 Å². The zero-order valence-corrected chi connectivity index (χ0v) is 12.5. The number of nitrogens with two attached hydrogens (primary N) is 1. The second-order valence-corrected chi connectivity index (χ2v) is 4.72. The Morgan fingerprint density at radius 1 is 1.14 bits per heavy atom. The van der Waals surface area contributed by atoms with Crippen LogP contribution in [0.3, 0.4) is 0 Å². The highest BCUT2D eigenvalue weighted by Gasteiger charge is 2.09. The van der Waals surface area contributed by atoms with Crippen LogP contribution in [0.4, 0.5) is 15.8 Å². The Morgan fingerprint density at radius 3 is 2.55 bits per heavy atom. The lowest BCUT2D eigenvalue weighted by Crippen LogP contribution is -2.05. The molecule has 6 heteroatoms. The molecule has 0 aromatic heterocycles. The molecule has 0 saturated carbocycles. The molecule has 2 rings (SSSR count). The summed E-state index contributed by atoms with van der Waals surface area (Å²) in [5.41, 5.74) is 7.59. The van der Waals surface area contributed by atoms with E-state index in [9.17, 15) is 4.39 Å². The van der Waals surface area contributed by atoms with Crippen LogP contribution in [0.1, 0.15) is 11.1 Å². The molecule has 0 aliphatic heterocycles. The first kappa shape index (κ1) is 15.9. The highest BCUT2D eigenvalue weighted by Crippen LogP contribution is 2.27. The Hall–Kier alpha value is -2.47. The van der Waals surface area contributed by atoms with E-state index in [1.807, 2.05) is 6.07 Å². The van der Waals surface area contributed by atoms with Crippen LogP contribution in [0.2, 0.25) is 0 Å². The Kier molecular flexibility index (Phi) is 5.06. The first-order valence-corrected chi connectivity index (χ1v) is 6.72. The summed E-state index contributed by atoms with van der Waals surface area (Å²) in [7, 11) is 3.14. The molecule has 2 aromatic rings. The number of anilines is 2. The minimum absolute atomic E-state index is 0.271. The molecule has 22 heavy (non-hydrogen) atoms. The minimum Gasteiger partial charge on any atom is -0.497 e. The number of benzene rings is 2. The summed E-state index contributed by atoms with van der Waals surface area (Å²) in [6, 6.07) is 8.10. The minimum atomic E-state index is -0.467. The third-order valence-electron chi connectivity index (χ3n) is 3.36. The molecule has 0 aliphatic carbocycles. The monoisotopic (exact) mass is 306 g/mol. The molecule has 0 spiro atoms. The quantitative estimate of drug-likeness (QED) is 0.715. The summed E-state index contributed by atoms with van der Waals surface area (Å²) in [4.78, 5) is 0. The van der Waals surface area contributed by atoms with Crippen LogP contribution in [0.5, 0.6) is 11.5 Å². The maximum atomic E-state index is 13.9. The second kappa shape index (κ2) is 7.00. The van der Waals surface area contributed by atoms with Crippen LogP contribution >= 0.6 is 0 Å². The molecule has 0 bridgehead atoms. The van der Waals surface area contributed by atoms with Crippen LogP contribution in [0.15, 0.2) is 30.3 Å². The molecule has 0 amide bonds. The van der Waals surface area contributed by atoms with E-state index in [0.29, 0.717) is 29.3 Å². The molecule has 0 aliphatic rings. The number of nitrogen functional groups attached to an aromatic ring is 1. The summed E-state index contributed by atoms with van der Waals surface area (Å²) in [6.45, 7) is 0.0668. The first-order chi connectivity index (χ1) is 10.6. The maximum absolute atomic E-state index is 13.9. The SMILES string of the molecule is COc1ccc(CNc2cc(N)c(CO)cc2F)c(OC)c1. The number of hydrogen-bond donors (Lipinski definition) is 3. The van der Waals surface area contributed by atoms with Gasteiger partial charge in [0.15, 0.2) is 0 Å². The van der Waals surface area contributed by atoms with Crippen molar-refractivity contribution in [2.45, 2.75) is 13.2 Å². The van der Waals surface area contributed by atoms with Gasteiger partial charge in [0, 0.05) is 29.4 Å². The second-order valence-electron chi connectivity index (χ2n) is 4.72. The lowest BCUT2D eigenvalue weighted by Gasteiger charge is -2.14. The largest absolute Gasteiger partial charge is 0.497 e. The van der Waals surface area contributed by atoms with E-state index in [1.54, 1.807) is 26.4 Å². The van der Waals surface area contributed by atoms with E-state index < -0.39 is 5.82 Å². The fourth-order valence-corrected chi connectivity index (χ4v) is 2.09. The molecule has 4 N–H and O–H groups in total. The average molecular weight is 306 g/mol. The number of halogens is 1. The molecule has 118 valence electrons. The smallest absolute Gasteiger partial charge is 0.146 e. The molecule has 2 aromatic carbocycles. The molecule has 0 atom stereocenters. The fraction of sp³-hybridized carbons (Fsp3) is 0.250. The molecular weight excluding hydrogens is 287 g/mol. The van der Waals surface area contributed by atoms with Crippen LogP contribution < -0.4 is 20.5 Å². The number of hydrogen-bond acceptors (Lipinski definition) is 5. The van der Waals surface area contributed by atoms with E-state index >= 15 is 0 Å². The Bertz CT molecular complexity index is 662. The Labute approximate surface area is 128 Å². The van der Waals surface area contributed by atoms with Gasteiger partial charge in [-0.25, -0.2) is 4.39 Å². The highest BCUT2D eigenvalue weighted by molar-refractivity contribution is 5.60. The third kappa shape index (κ3) is 3.40. The predicted molar refractivity (Wildman–Crippen MR) is 83.6 cm³/mol. The molecule has 0 unspecified atom stereocenters. The fourth-order valence-electron chi connectivity index (χ4n) is 2.09. The van der Waals surface area contributed by atoms with E-state index in [4.69, 9.17) is 20.3 Å². The van der Waals surface area contributed by atoms with Crippen LogP contribution in [0.25, 0.3) is 0 Å².